The topological polar surface area (TPSA) is 26.0 Å². The highest BCUT2D eigenvalue weighted by atomic mass is 14.6. The second-order valence-electron chi connectivity index (χ2n) is 2.93. The van der Waals surface area contributed by atoms with Crippen molar-refractivity contribution in [2.24, 2.45) is 5.73 Å². The van der Waals surface area contributed by atoms with Gasteiger partial charge in [0.2, 0.25) is 0 Å². The normalized spacial score (nSPS) is 11.7. The van der Waals surface area contributed by atoms with Gasteiger partial charge in [-0.3, -0.25) is 0 Å². The van der Waals surface area contributed by atoms with Crippen molar-refractivity contribution in [2.45, 2.75) is 20.3 Å². The zero-order valence-corrected chi connectivity index (χ0v) is 7.67. The average molecular weight is 161 g/mol. The van der Waals surface area contributed by atoms with E-state index in [4.69, 9.17) is 5.73 Å². The molecule has 1 aromatic rings. The summed E-state index contributed by atoms with van der Waals surface area (Å²) in [7, 11) is 0. The van der Waals surface area contributed by atoms with Crippen LogP contribution in [0.5, 0.6) is 0 Å². The Morgan fingerprint density at radius 3 is 2.67 bits per heavy atom. The molecule has 0 unspecified atom stereocenters. The van der Waals surface area contributed by atoms with Crippen LogP contribution in [-0.2, 0) is 0 Å². The SMILES string of the molecule is CC/C(N)=C/c1ccccc1C. The van der Waals surface area contributed by atoms with Gasteiger partial charge < -0.3 is 5.73 Å². The minimum Gasteiger partial charge on any atom is -0.402 e. The van der Waals surface area contributed by atoms with Gasteiger partial charge in [-0.1, -0.05) is 31.2 Å². The number of nitrogens with two attached hydrogens (primary N) is 1. The summed E-state index contributed by atoms with van der Waals surface area (Å²) in [4.78, 5) is 0. The number of aryl methyl sites for hydroxylation is 1. The first-order valence-corrected chi connectivity index (χ1v) is 4.25. The van der Waals surface area contributed by atoms with Crippen LogP contribution in [0.15, 0.2) is 30.0 Å². The van der Waals surface area contributed by atoms with E-state index in [0.717, 1.165) is 12.1 Å². The Morgan fingerprint density at radius 1 is 1.42 bits per heavy atom. The number of allylic oxidation sites excluding steroid dienone is 1. The molecule has 1 aromatic carbocycles. The van der Waals surface area contributed by atoms with Gasteiger partial charge in [0.25, 0.3) is 0 Å². The molecule has 0 bridgehead atoms. The van der Waals surface area contributed by atoms with Gasteiger partial charge >= 0.3 is 0 Å². The highest BCUT2D eigenvalue weighted by Gasteiger charge is 1.92. The van der Waals surface area contributed by atoms with E-state index in [2.05, 4.69) is 26.0 Å². The second kappa shape index (κ2) is 3.96. The zero-order chi connectivity index (χ0) is 8.97. The first-order valence-electron chi connectivity index (χ1n) is 4.25. The summed E-state index contributed by atoms with van der Waals surface area (Å²) < 4.78 is 0. The monoisotopic (exact) mass is 161 g/mol. The fraction of sp³-hybridized carbons (Fsp3) is 0.273. The van der Waals surface area contributed by atoms with E-state index < -0.39 is 0 Å². The van der Waals surface area contributed by atoms with E-state index in [0.29, 0.717) is 0 Å². The van der Waals surface area contributed by atoms with Crippen LogP contribution in [0.2, 0.25) is 0 Å². The fourth-order valence-electron chi connectivity index (χ4n) is 1.05. The molecular weight excluding hydrogens is 146 g/mol. The fourth-order valence-corrected chi connectivity index (χ4v) is 1.05. The van der Waals surface area contributed by atoms with Crippen LogP contribution in [0.25, 0.3) is 6.08 Å². The summed E-state index contributed by atoms with van der Waals surface area (Å²) in [5.41, 5.74) is 9.16. The Hall–Kier alpha value is -1.24. The molecule has 0 amide bonds. The summed E-state index contributed by atoms with van der Waals surface area (Å²) in [5.74, 6) is 0. The van der Waals surface area contributed by atoms with Gasteiger partial charge in [-0.2, -0.15) is 0 Å². The lowest BCUT2D eigenvalue weighted by Crippen LogP contribution is -1.94. The van der Waals surface area contributed by atoms with Gasteiger partial charge in [0, 0.05) is 5.70 Å². The molecule has 1 nitrogen and oxygen atoms in total. The molecule has 12 heavy (non-hydrogen) atoms. The van der Waals surface area contributed by atoms with Gasteiger partial charge in [0.15, 0.2) is 0 Å². The van der Waals surface area contributed by atoms with Gasteiger partial charge in [-0.15, -0.1) is 0 Å². The molecule has 1 rings (SSSR count). The van der Waals surface area contributed by atoms with E-state index in [1.807, 2.05) is 18.2 Å². The minimum atomic E-state index is 0.911. The lowest BCUT2D eigenvalue weighted by molar-refractivity contribution is 1.08. The third-order valence-corrected chi connectivity index (χ3v) is 1.94. The van der Waals surface area contributed by atoms with Crippen LogP contribution in [0.4, 0.5) is 0 Å². The van der Waals surface area contributed by atoms with Crippen LogP contribution in [0.3, 0.4) is 0 Å². The molecule has 1 heteroatoms. The standard InChI is InChI=1S/C11H15N/c1-3-11(12)8-10-7-5-4-6-9(10)2/h4-8H,3,12H2,1-2H3/b11-8-. The van der Waals surface area contributed by atoms with Crippen molar-refractivity contribution in [1.29, 1.82) is 0 Å². The largest absolute Gasteiger partial charge is 0.402 e. The Balaban J connectivity index is 2.96. The van der Waals surface area contributed by atoms with E-state index in [-0.39, 0.29) is 0 Å². The molecule has 0 heterocycles. The van der Waals surface area contributed by atoms with E-state index in [9.17, 15) is 0 Å². The van der Waals surface area contributed by atoms with Gasteiger partial charge in [-0.25, -0.2) is 0 Å². The van der Waals surface area contributed by atoms with Crippen LogP contribution in [0.1, 0.15) is 24.5 Å². The predicted octanol–water partition coefficient (Wildman–Crippen LogP) is 2.70. The van der Waals surface area contributed by atoms with Gasteiger partial charge in [0.05, 0.1) is 0 Å². The highest BCUT2D eigenvalue weighted by molar-refractivity contribution is 5.55. The number of hydrogen-bond donors (Lipinski definition) is 1. The van der Waals surface area contributed by atoms with Crippen molar-refractivity contribution in [3.63, 3.8) is 0 Å². The Kier molecular flexibility index (Phi) is 2.92. The third kappa shape index (κ3) is 2.12. The van der Waals surface area contributed by atoms with Crippen LogP contribution < -0.4 is 5.73 Å². The summed E-state index contributed by atoms with van der Waals surface area (Å²) in [5, 5.41) is 0. The second-order valence-corrected chi connectivity index (χ2v) is 2.93. The maximum absolute atomic E-state index is 5.73. The summed E-state index contributed by atoms with van der Waals surface area (Å²) in [6, 6.07) is 8.24. The Morgan fingerprint density at radius 2 is 2.08 bits per heavy atom. The van der Waals surface area contributed by atoms with E-state index in [1.165, 1.54) is 11.1 Å². The van der Waals surface area contributed by atoms with Crippen molar-refractivity contribution >= 4 is 6.08 Å². The van der Waals surface area contributed by atoms with Crippen molar-refractivity contribution in [3.8, 4) is 0 Å². The molecule has 0 fully saturated rings. The number of hydrogen-bond acceptors (Lipinski definition) is 1. The molecule has 0 spiro atoms. The molecule has 0 aliphatic heterocycles. The Labute approximate surface area is 73.9 Å². The molecule has 0 aliphatic rings. The molecule has 0 aliphatic carbocycles. The number of rotatable bonds is 2. The van der Waals surface area contributed by atoms with Crippen molar-refractivity contribution in [2.75, 3.05) is 0 Å². The van der Waals surface area contributed by atoms with Crippen molar-refractivity contribution in [1.82, 2.24) is 0 Å². The lowest BCUT2D eigenvalue weighted by atomic mass is 10.1. The molecule has 64 valence electrons. The van der Waals surface area contributed by atoms with Crippen LogP contribution in [0, 0.1) is 6.92 Å². The molecular formula is C11H15N. The predicted molar refractivity (Wildman–Crippen MR) is 53.6 cm³/mol. The number of benzene rings is 1. The summed E-state index contributed by atoms with van der Waals surface area (Å²) in [6.07, 6.45) is 2.95. The molecule has 0 aromatic heterocycles. The zero-order valence-electron chi connectivity index (χ0n) is 7.67. The average Bonchev–Trinajstić information content (AvgIpc) is 2.09. The molecule has 2 N–H and O–H groups in total. The third-order valence-electron chi connectivity index (χ3n) is 1.94. The van der Waals surface area contributed by atoms with Crippen molar-refractivity contribution < 1.29 is 0 Å². The molecule has 0 atom stereocenters. The first kappa shape index (κ1) is 8.85. The van der Waals surface area contributed by atoms with Gasteiger partial charge in [-0.05, 0) is 30.5 Å². The first-order chi connectivity index (χ1) is 5.74. The Bertz CT molecular complexity index is 287. The van der Waals surface area contributed by atoms with Crippen LogP contribution >= 0.6 is 0 Å². The van der Waals surface area contributed by atoms with E-state index >= 15 is 0 Å². The van der Waals surface area contributed by atoms with E-state index in [1.54, 1.807) is 0 Å². The smallest absolute Gasteiger partial charge is 0.00837 e. The minimum absolute atomic E-state index is 0.911. The summed E-state index contributed by atoms with van der Waals surface area (Å²) >= 11 is 0. The summed E-state index contributed by atoms with van der Waals surface area (Å²) in [6.45, 7) is 4.15. The highest BCUT2D eigenvalue weighted by Crippen LogP contribution is 2.10. The van der Waals surface area contributed by atoms with Crippen LogP contribution in [-0.4, -0.2) is 0 Å². The van der Waals surface area contributed by atoms with Gasteiger partial charge in [0.1, 0.15) is 0 Å². The lowest BCUT2D eigenvalue weighted by Gasteiger charge is -2.00. The molecule has 0 saturated heterocycles. The van der Waals surface area contributed by atoms with Crippen molar-refractivity contribution in [3.05, 3.63) is 41.1 Å². The quantitative estimate of drug-likeness (QED) is 0.709. The maximum Gasteiger partial charge on any atom is 0.00837 e. The molecule has 0 radical (unpaired) electrons. The molecule has 0 saturated carbocycles. The maximum atomic E-state index is 5.73.